The van der Waals surface area contributed by atoms with Gasteiger partial charge >= 0.3 is 5.97 Å². The first-order valence-corrected chi connectivity index (χ1v) is 5.69. The number of nitrogens with zero attached hydrogens (tertiary/aromatic N) is 1. The highest BCUT2D eigenvalue weighted by Crippen LogP contribution is 2.22. The molecule has 4 heteroatoms. The van der Waals surface area contributed by atoms with Crippen LogP contribution >= 0.6 is 0 Å². The maximum absolute atomic E-state index is 10.7. The Bertz CT molecular complexity index is 190. The number of carboxylic acid groups (broad SMARTS) is 1. The number of aliphatic carboxylic acids is 1. The molecule has 1 N–H and O–H groups in total. The van der Waals surface area contributed by atoms with Crippen molar-refractivity contribution in [3.05, 3.63) is 0 Å². The van der Waals surface area contributed by atoms with Gasteiger partial charge in [-0.1, -0.05) is 19.3 Å². The molecule has 0 aromatic heterocycles. The molecule has 1 saturated carbocycles. The van der Waals surface area contributed by atoms with E-state index in [1.54, 1.807) is 7.11 Å². The quantitative estimate of drug-likeness (QED) is 0.726. The van der Waals surface area contributed by atoms with Crippen LogP contribution in [0, 0.1) is 0 Å². The number of hydrogen-bond donors (Lipinski definition) is 1. The van der Waals surface area contributed by atoms with E-state index in [0.717, 1.165) is 19.4 Å². The third-order valence-corrected chi connectivity index (χ3v) is 3.01. The summed E-state index contributed by atoms with van der Waals surface area (Å²) < 4.78 is 5.01. The van der Waals surface area contributed by atoms with Crippen LogP contribution in [0.2, 0.25) is 0 Å². The zero-order chi connectivity index (χ0) is 11.1. The van der Waals surface area contributed by atoms with Crippen molar-refractivity contribution >= 4 is 5.97 Å². The summed E-state index contributed by atoms with van der Waals surface area (Å²) in [5.74, 6) is -0.739. The molecule has 0 saturated heterocycles. The van der Waals surface area contributed by atoms with E-state index in [2.05, 4.69) is 0 Å². The van der Waals surface area contributed by atoms with Crippen molar-refractivity contribution < 1.29 is 14.6 Å². The van der Waals surface area contributed by atoms with Crippen molar-refractivity contribution in [1.82, 2.24) is 4.90 Å². The molecular weight excluding hydrogens is 194 g/mol. The summed E-state index contributed by atoms with van der Waals surface area (Å²) in [6.45, 7) is 1.49. The number of rotatable bonds is 6. The lowest BCUT2D eigenvalue weighted by molar-refractivity contribution is -0.139. The van der Waals surface area contributed by atoms with Crippen LogP contribution in [0.25, 0.3) is 0 Å². The molecule has 1 aliphatic carbocycles. The highest BCUT2D eigenvalue weighted by Gasteiger charge is 2.22. The summed E-state index contributed by atoms with van der Waals surface area (Å²) in [6, 6.07) is 0.449. The molecule has 0 spiro atoms. The molecule has 88 valence electrons. The van der Waals surface area contributed by atoms with Crippen LogP contribution in [0.15, 0.2) is 0 Å². The number of hydrogen-bond acceptors (Lipinski definition) is 3. The summed E-state index contributed by atoms with van der Waals surface area (Å²) in [7, 11) is 1.65. The van der Waals surface area contributed by atoms with Crippen molar-refractivity contribution in [3.8, 4) is 0 Å². The Morgan fingerprint density at radius 2 is 2.07 bits per heavy atom. The minimum absolute atomic E-state index is 0.147. The average molecular weight is 215 g/mol. The number of methoxy groups -OCH3 is 1. The molecule has 0 aromatic rings. The second-order valence-corrected chi connectivity index (χ2v) is 4.15. The molecule has 0 unspecified atom stereocenters. The molecule has 0 aromatic carbocycles. The zero-order valence-electron chi connectivity index (χ0n) is 9.45. The van der Waals surface area contributed by atoms with E-state index in [1.807, 2.05) is 4.90 Å². The monoisotopic (exact) mass is 215 g/mol. The summed E-state index contributed by atoms with van der Waals surface area (Å²) in [4.78, 5) is 12.8. The van der Waals surface area contributed by atoms with E-state index in [4.69, 9.17) is 9.84 Å². The molecule has 0 aliphatic heterocycles. The van der Waals surface area contributed by atoms with Gasteiger partial charge in [-0.2, -0.15) is 0 Å². The van der Waals surface area contributed by atoms with Gasteiger partial charge < -0.3 is 9.84 Å². The Hall–Kier alpha value is -0.610. The van der Waals surface area contributed by atoms with Gasteiger partial charge in [-0.15, -0.1) is 0 Å². The summed E-state index contributed by atoms with van der Waals surface area (Å²) in [5.41, 5.74) is 0. The molecular formula is C11H21NO3. The molecule has 4 nitrogen and oxygen atoms in total. The maximum Gasteiger partial charge on any atom is 0.317 e. The Labute approximate surface area is 91.2 Å². The Morgan fingerprint density at radius 1 is 1.40 bits per heavy atom. The van der Waals surface area contributed by atoms with Gasteiger partial charge in [0.15, 0.2) is 0 Å². The maximum atomic E-state index is 10.7. The normalized spacial score (nSPS) is 18.3. The average Bonchev–Trinajstić information content (AvgIpc) is 2.25. The van der Waals surface area contributed by atoms with Crippen molar-refractivity contribution in [2.75, 3.05) is 26.8 Å². The molecule has 0 atom stereocenters. The topological polar surface area (TPSA) is 49.8 Å². The third kappa shape index (κ3) is 4.62. The fraction of sp³-hybridized carbons (Fsp3) is 0.909. The lowest BCUT2D eigenvalue weighted by Crippen LogP contribution is -2.42. The number of carbonyl (C=O) groups is 1. The second-order valence-electron chi connectivity index (χ2n) is 4.15. The molecule has 1 rings (SSSR count). The van der Waals surface area contributed by atoms with E-state index in [0.29, 0.717) is 12.6 Å². The van der Waals surface area contributed by atoms with Crippen LogP contribution in [-0.2, 0) is 9.53 Å². The van der Waals surface area contributed by atoms with Crippen LogP contribution in [0.4, 0.5) is 0 Å². The van der Waals surface area contributed by atoms with Crippen molar-refractivity contribution in [2.24, 2.45) is 0 Å². The Balaban J connectivity index is 2.41. The predicted molar refractivity (Wildman–Crippen MR) is 58.0 cm³/mol. The first-order valence-electron chi connectivity index (χ1n) is 5.69. The second kappa shape index (κ2) is 6.80. The van der Waals surface area contributed by atoms with Crippen LogP contribution < -0.4 is 0 Å². The van der Waals surface area contributed by atoms with Crippen molar-refractivity contribution in [1.29, 1.82) is 0 Å². The number of ether oxygens (including phenoxy) is 1. The largest absolute Gasteiger partial charge is 0.480 e. The van der Waals surface area contributed by atoms with Gasteiger partial charge in [0.25, 0.3) is 0 Å². The van der Waals surface area contributed by atoms with Gasteiger partial charge in [0, 0.05) is 19.7 Å². The summed E-state index contributed by atoms with van der Waals surface area (Å²) in [6.07, 6.45) is 6.03. The van der Waals surface area contributed by atoms with Crippen molar-refractivity contribution in [3.63, 3.8) is 0 Å². The van der Waals surface area contributed by atoms with Crippen LogP contribution in [0.3, 0.4) is 0 Å². The third-order valence-electron chi connectivity index (χ3n) is 3.01. The van der Waals surface area contributed by atoms with Gasteiger partial charge in [0.2, 0.25) is 0 Å². The van der Waals surface area contributed by atoms with Gasteiger partial charge in [0.05, 0.1) is 13.2 Å². The highest BCUT2D eigenvalue weighted by molar-refractivity contribution is 5.69. The fourth-order valence-electron chi connectivity index (χ4n) is 2.22. The predicted octanol–water partition coefficient (Wildman–Crippen LogP) is 1.35. The molecule has 15 heavy (non-hydrogen) atoms. The minimum Gasteiger partial charge on any atom is -0.480 e. The lowest BCUT2D eigenvalue weighted by atomic mass is 9.94. The summed E-state index contributed by atoms with van der Waals surface area (Å²) in [5, 5.41) is 8.83. The summed E-state index contributed by atoms with van der Waals surface area (Å²) >= 11 is 0. The smallest absolute Gasteiger partial charge is 0.317 e. The molecule has 0 bridgehead atoms. The highest BCUT2D eigenvalue weighted by atomic mass is 16.5. The van der Waals surface area contributed by atoms with Gasteiger partial charge in [-0.25, -0.2) is 0 Å². The SMILES string of the molecule is COCCN(CC(=O)O)C1CCCCC1. The molecule has 0 amide bonds. The Kier molecular flexibility index (Phi) is 5.65. The van der Waals surface area contributed by atoms with Crippen LogP contribution in [-0.4, -0.2) is 48.8 Å². The standard InChI is InChI=1S/C11H21NO3/c1-15-8-7-12(9-11(13)14)10-5-3-2-4-6-10/h10H,2-9H2,1H3,(H,13,14). The zero-order valence-corrected chi connectivity index (χ0v) is 9.45. The van der Waals surface area contributed by atoms with Gasteiger partial charge in [-0.3, -0.25) is 9.69 Å². The minimum atomic E-state index is -0.739. The van der Waals surface area contributed by atoms with Crippen molar-refractivity contribution in [2.45, 2.75) is 38.1 Å². The first-order chi connectivity index (χ1) is 7.24. The van der Waals surface area contributed by atoms with E-state index in [9.17, 15) is 4.79 Å². The Morgan fingerprint density at radius 3 is 2.60 bits per heavy atom. The first kappa shape index (κ1) is 12.5. The molecule has 1 fully saturated rings. The molecule has 0 heterocycles. The number of carboxylic acids is 1. The van der Waals surface area contributed by atoms with Gasteiger partial charge in [0.1, 0.15) is 0 Å². The van der Waals surface area contributed by atoms with Gasteiger partial charge in [-0.05, 0) is 12.8 Å². The van der Waals surface area contributed by atoms with E-state index in [1.165, 1.54) is 19.3 Å². The van der Waals surface area contributed by atoms with E-state index >= 15 is 0 Å². The molecule has 1 aliphatic rings. The fourth-order valence-corrected chi connectivity index (χ4v) is 2.22. The van der Waals surface area contributed by atoms with Crippen LogP contribution in [0.1, 0.15) is 32.1 Å². The van der Waals surface area contributed by atoms with Crippen LogP contribution in [0.5, 0.6) is 0 Å². The van der Waals surface area contributed by atoms with E-state index < -0.39 is 5.97 Å². The lowest BCUT2D eigenvalue weighted by Gasteiger charge is -2.32. The van der Waals surface area contributed by atoms with E-state index in [-0.39, 0.29) is 6.54 Å². The molecule has 0 radical (unpaired) electrons.